The van der Waals surface area contributed by atoms with Crippen LogP contribution in [0.4, 0.5) is 11.5 Å². The third kappa shape index (κ3) is 9.40. The van der Waals surface area contributed by atoms with E-state index in [1.54, 1.807) is 42.0 Å². The predicted octanol–water partition coefficient (Wildman–Crippen LogP) is 9.56. The second-order valence-electron chi connectivity index (χ2n) is 21.8. The van der Waals surface area contributed by atoms with Crippen LogP contribution in [0.1, 0.15) is 170 Å². The zero-order valence-corrected chi connectivity index (χ0v) is 45.2. The van der Waals surface area contributed by atoms with Gasteiger partial charge in [-0.25, -0.2) is 14.5 Å². The standard InChI is InChI=1S/C54H63N9O5S.U/c1-31-8-7-22-61(31)45-20-23-62-47(60-45)38(30-56-62)48(64)57-40-26-43-41(25-39(40)53(2,3)68)58-50(69-43)36-15-13-32(14-16-36)24-33-19-21-54(27-33)28-34(29-54)9-4-5-10-35-11-6-12-37-46(35)52(67)63(51(37)66)42-17-18-44(55)59-49(42)65;/h6-7,11-12,20,23,25-26,30-34,36,42,68H,1,4-5,8-10,13-19,21-22,24,27-29H2,2-3H3,(H,57,64)(H2,55,59,65);/q-2;+2/t31-,32?,33?,34?,36?,42?,54?;/m0./s1. The van der Waals surface area contributed by atoms with E-state index < -0.39 is 23.5 Å². The Labute approximate surface area is 437 Å². The number of fused-ring (bicyclic) bond motifs is 3. The van der Waals surface area contributed by atoms with Crippen molar-refractivity contribution in [2.75, 3.05) is 16.8 Å². The molecule has 5 fully saturated rings. The normalized spacial score (nSPS) is 26.8. The zero-order chi connectivity index (χ0) is 47.8. The first-order valence-electron chi connectivity index (χ1n) is 25.3. The molecule has 3 aliphatic carbocycles. The van der Waals surface area contributed by atoms with Crippen molar-refractivity contribution < 1.29 is 55.4 Å². The van der Waals surface area contributed by atoms with E-state index in [-0.39, 0.29) is 61.2 Å². The summed E-state index contributed by atoms with van der Waals surface area (Å²) in [6.45, 7) is 8.47. The molecule has 2 aromatic carbocycles. The number of hydrogen-bond donors (Lipinski definition) is 4. The Morgan fingerprint density at radius 2 is 1.81 bits per heavy atom. The van der Waals surface area contributed by atoms with Gasteiger partial charge in [-0.1, -0.05) is 25.0 Å². The molecule has 3 atom stereocenters. The molecule has 3 aromatic heterocycles. The summed E-state index contributed by atoms with van der Waals surface area (Å²) in [6.07, 6.45) is 23.9. The van der Waals surface area contributed by atoms with Gasteiger partial charge in [0, 0.05) is 29.8 Å². The van der Waals surface area contributed by atoms with E-state index in [0.29, 0.717) is 51.3 Å². The van der Waals surface area contributed by atoms with Gasteiger partial charge in [0.1, 0.15) is 17.4 Å². The maximum absolute atomic E-state index is 13.9. The van der Waals surface area contributed by atoms with Crippen LogP contribution in [0.25, 0.3) is 15.9 Å². The molecule has 2 saturated heterocycles. The van der Waals surface area contributed by atoms with Crippen LogP contribution in [0.3, 0.4) is 0 Å². The van der Waals surface area contributed by atoms with Gasteiger partial charge in [0.2, 0.25) is 5.91 Å². The molecular weight excluding hydrogens is 1120 g/mol. The fourth-order valence-electron chi connectivity index (χ4n) is 13.1. The summed E-state index contributed by atoms with van der Waals surface area (Å²) in [5.74, 6) is 2.08. The van der Waals surface area contributed by atoms with Crippen molar-refractivity contribution in [3.8, 4) is 0 Å². The van der Waals surface area contributed by atoms with Crippen molar-refractivity contribution in [3.05, 3.63) is 95.0 Å². The summed E-state index contributed by atoms with van der Waals surface area (Å²) in [5, 5.41) is 30.2. The smallest absolute Gasteiger partial charge is 0.416 e. The van der Waals surface area contributed by atoms with Crippen molar-refractivity contribution in [2.45, 2.75) is 147 Å². The molecule has 6 heterocycles. The number of nitrogens with zero attached hydrogens (tertiary/aromatic N) is 6. The summed E-state index contributed by atoms with van der Waals surface area (Å²) in [4.78, 5) is 66.6. The van der Waals surface area contributed by atoms with Gasteiger partial charge in [-0.2, -0.15) is 11.5 Å². The van der Waals surface area contributed by atoms with E-state index in [9.17, 15) is 24.3 Å². The largest absolute Gasteiger partial charge is 2.00 e. The van der Waals surface area contributed by atoms with Crippen molar-refractivity contribution >= 4 is 68.2 Å². The van der Waals surface area contributed by atoms with Crippen LogP contribution in [0.2, 0.25) is 0 Å². The van der Waals surface area contributed by atoms with Crippen LogP contribution in [-0.4, -0.2) is 77.7 Å². The number of hydrogen-bond acceptors (Lipinski definition) is 11. The number of piperidine rings is 1. The number of aromatic nitrogens is 4. The van der Waals surface area contributed by atoms with Crippen LogP contribution in [0, 0.1) is 73.0 Å². The minimum Gasteiger partial charge on any atom is -0.416 e. The molecule has 0 radical (unpaired) electrons. The Morgan fingerprint density at radius 1 is 1.01 bits per heavy atom. The molecule has 0 bridgehead atoms. The number of carbonyl (C=O) groups is 4. The molecular formula is C54H63N9O5SU. The molecule has 4 amide bonds. The molecule has 11 rings (SSSR count). The number of nitrogens with one attached hydrogen (secondary N) is 3. The number of unbranched alkanes of at least 4 members (excludes halogenated alkanes) is 1. The Morgan fingerprint density at radius 3 is 2.57 bits per heavy atom. The zero-order valence-electron chi connectivity index (χ0n) is 40.3. The van der Waals surface area contributed by atoms with E-state index in [0.717, 1.165) is 94.3 Å². The van der Waals surface area contributed by atoms with Crippen LogP contribution in [-0.2, 0) is 16.8 Å². The third-order valence-electron chi connectivity index (χ3n) is 16.6. The van der Waals surface area contributed by atoms with Gasteiger partial charge in [0.05, 0.1) is 44.0 Å². The number of benzene rings is 2. The van der Waals surface area contributed by atoms with Crippen LogP contribution in [0.15, 0.2) is 48.8 Å². The average Bonchev–Trinajstić information content (AvgIpc) is 4.16. The van der Waals surface area contributed by atoms with Crippen LogP contribution >= 0.6 is 11.3 Å². The van der Waals surface area contributed by atoms with E-state index in [2.05, 4.69) is 34.0 Å². The van der Waals surface area contributed by atoms with E-state index in [4.69, 9.17) is 15.4 Å². The second-order valence-corrected chi connectivity index (χ2v) is 22.9. The molecule has 6 aliphatic rings. The minimum absolute atomic E-state index is 0. The Hall–Kier alpha value is -4.49. The minimum atomic E-state index is -1.22. The molecule has 2 unspecified atom stereocenters. The SMILES string of the molecule is [CH2-][C@H]1C[CH-]CN1c1ccn2ncc(C(=O)Nc3cc4sc(C5CCC(CC6CCC7(C6)CC(CCCCc6cccc8c6C(=O)N(C6CCC(=N)NC6=O)C8=O)C7)CC5)nc4cc3C(C)(C)O)c2n1.[U+2]. The number of carbonyl (C=O) groups excluding carboxylic acids is 4. The van der Waals surface area contributed by atoms with Crippen LogP contribution in [0.5, 0.6) is 0 Å². The summed E-state index contributed by atoms with van der Waals surface area (Å²) >= 11 is 1.71. The molecule has 3 aliphatic heterocycles. The van der Waals surface area contributed by atoms with Crippen molar-refractivity contribution in [1.29, 1.82) is 5.41 Å². The van der Waals surface area contributed by atoms with Gasteiger partial charge in [-0.3, -0.25) is 29.5 Å². The number of amidine groups is 1. The van der Waals surface area contributed by atoms with E-state index in [1.165, 1.54) is 57.8 Å². The maximum atomic E-state index is 13.9. The Bertz CT molecular complexity index is 2870. The first-order chi connectivity index (χ1) is 33.2. The number of thiazole rings is 1. The fraction of sp³-hybridized carbons (Fsp3) is 0.519. The average molecular weight is 1190 g/mol. The number of aliphatic hydroxyl groups is 1. The van der Waals surface area contributed by atoms with Crippen molar-refractivity contribution in [1.82, 2.24) is 29.8 Å². The molecule has 1 spiro atoms. The van der Waals surface area contributed by atoms with Gasteiger partial charge in [-0.15, -0.1) is 23.9 Å². The third-order valence-corrected chi connectivity index (χ3v) is 17.7. The number of rotatable bonds is 13. The number of anilines is 2. The second kappa shape index (κ2) is 19.5. The first-order valence-corrected chi connectivity index (χ1v) is 26.1. The number of imide groups is 1. The van der Waals surface area contributed by atoms with E-state index in [1.807, 2.05) is 36.5 Å². The molecule has 3 saturated carbocycles. The van der Waals surface area contributed by atoms with Crippen LogP contribution < -0.4 is 15.5 Å². The summed E-state index contributed by atoms with van der Waals surface area (Å²) in [6, 6.07) is 10.5. The predicted molar refractivity (Wildman–Crippen MR) is 266 cm³/mol. The van der Waals surface area contributed by atoms with Crippen molar-refractivity contribution in [3.63, 3.8) is 0 Å². The van der Waals surface area contributed by atoms with E-state index >= 15 is 0 Å². The fourth-order valence-corrected chi connectivity index (χ4v) is 14.2. The van der Waals surface area contributed by atoms with Gasteiger partial charge in [-0.05, 0) is 150 Å². The summed E-state index contributed by atoms with van der Waals surface area (Å²) in [5.41, 5.74) is 3.91. The summed E-state index contributed by atoms with van der Waals surface area (Å²) in [7, 11) is 0. The topological polar surface area (TPSA) is 186 Å². The summed E-state index contributed by atoms with van der Waals surface area (Å²) < 4.78 is 2.61. The van der Waals surface area contributed by atoms with Crippen molar-refractivity contribution in [2.24, 2.45) is 23.2 Å². The van der Waals surface area contributed by atoms with Gasteiger partial charge < -0.3 is 34.0 Å². The van der Waals surface area contributed by atoms with Gasteiger partial charge >= 0.3 is 31.1 Å². The van der Waals surface area contributed by atoms with Gasteiger partial charge in [0.25, 0.3) is 17.7 Å². The molecule has 364 valence electrons. The Balaban J connectivity index is 0.00000567. The molecule has 4 N–H and O–H groups in total. The maximum Gasteiger partial charge on any atom is 2.00 e. The Kier molecular flexibility index (Phi) is 13.7. The number of amides is 4. The van der Waals surface area contributed by atoms with Gasteiger partial charge in [0.15, 0.2) is 5.65 Å². The molecule has 16 heteroatoms. The quantitative estimate of drug-likeness (QED) is 0.0506. The molecule has 5 aromatic rings. The number of aryl methyl sites for hydroxylation is 1. The first kappa shape index (κ1) is 49.1. The monoisotopic (exact) mass is 1190 g/mol. The molecule has 14 nitrogen and oxygen atoms in total. The molecule has 70 heavy (non-hydrogen) atoms.